The number of ether oxygens (including phenoxy) is 3. The molecule has 0 radical (unpaired) electrons. The lowest BCUT2D eigenvalue weighted by molar-refractivity contribution is -0.121. The Kier molecular flexibility index (Phi) is 11.8. The first-order chi connectivity index (χ1) is 16.5. The molecule has 2 rings (SSSR count). The molecule has 1 heterocycles. The molecule has 0 aliphatic rings. The van der Waals surface area contributed by atoms with Crippen LogP contribution in [0.5, 0.6) is 11.5 Å². The maximum atomic E-state index is 12.1. The van der Waals surface area contributed by atoms with Crippen LogP contribution in [0.1, 0.15) is 31.0 Å². The van der Waals surface area contributed by atoms with Crippen LogP contribution in [-0.4, -0.2) is 55.4 Å². The van der Waals surface area contributed by atoms with Gasteiger partial charge in [-0.3, -0.25) is 4.79 Å². The van der Waals surface area contributed by atoms with E-state index in [0.29, 0.717) is 70.1 Å². The van der Waals surface area contributed by atoms with Crippen LogP contribution in [0, 0.1) is 0 Å². The topological polar surface area (TPSA) is 183 Å². The molecule has 1 amide bonds. The van der Waals surface area contributed by atoms with Gasteiger partial charge in [-0.25, -0.2) is 4.98 Å². The first-order valence-corrected chi connectivity index (χ1v) is 11.2. The minimum absolute atomic E-state index is 0.0723. The van der Waals surface area contributed by atoms with Gasteiger partial charge in [-0.05, 0) is 30.0 Å². The lowest BCUT2D eigenvalue weighted by Crippen LogP contribution is -2.27. The quantitative estimate of drug-likeness (QED) is 0.144. The normalized spacial score (nSPS) is 10.4. The molecule has 0 fully saturated rings. The summed E-state index contributed by atoms with van der Waals surface area (Å²) in [5.41, 5.74) is 21.3. The number of nitrogen functional groups attached to an aromatic ring is 2. The van der Waals surface area contributed by atoms with E-state index < -0.39 is 0 Å². The van der Waals surface area contributed by atoms with E-state index in [1.807, 2.05) is 31.2 Å². The molecule has 2 aromatic rings. The average Bonchev–Trinajstić information content (AvgIpc) is 2.83. The molecule has 5 N–H and O–H groups in total. The van der Waals surface area contributed by atoms with E-state index in [1.54, 1.807) is 0 Å². The fraction of sp³-hybridized carbons (Fsp3) is 0.500. The fourth-order valence-electron chi connectivity index (χ4n) is 3.05. The second kappa shape index (κ2) is 15.1. The average molecular weight is 473 g/mol. The SMILES string of the molecule is CCc1nc(N)nc(N)c1OCCCOc1ccccc1CCC(=O)NCCOCCN=[N+]=[N-]. The lowest BCUT2D eigenvalue weighted by atomic mass is 10.1. The summed E-state index contributed by atoms with van der Waals surface area (Å²) in [4.78, 5) is 22.8. The summed E-state index contributed by atoms with van der Waals surface area (Å²) >= 11 is 0. The number of hydrogen-bond donors (Lipinski definition) is 3. The molecule has 0 unspecified atom stereocenters. The van der Waals surface area contributed by atoms with Crippen molar-refractivity contribution in [3.05, 3.63) is 46.0 Å². The highest BCUT2D eigenvalue weighted by atomic mass is 16.5. The molecule has 34 heavy (non-hydrogen) atoms. The highest BCUT2D eigenvalue weighted by Gasteiger charge is 2.12. The van der Waals surface area contributed by atoms with Gasteiger partial charge in [0.25, 0.3) is 0 Å². The van der Waals surface area contributed by atoms with Gasteiger partial charge in [0.1, 0.15) is 5.75 Å². The van der Waals surface area contributed by atoms with Crippen molar-refractivity contribution in [3.8, 4) is 11.5 Å². The molecule has 0 aliphatic carbocycles. The van der Waals surface area contributed by atoms with Crippen molar-refractivity contribution in [3.63, 3.8) is 0 Å². The number of anilines is 2. The molecule has 12 heteroatoms. The Morgan fingerprint density at radius 2 is 1.94 bits per heavy atom. The zero-order valence-corrected chi connectivity index (χ0v) is 19.4. The molecule has 0 saturated carbocycles. The van der Waals surface area contributed by atoms with Gasteiger partial charge in [0.15, 0.2) is 11.6 Å². The maximum absolute atomic E-state index is 12.1. The van der Waals surface area contributed by atoms with Gasteiger partial charge in [0, 0.05) is 30.8 Å². The molecule has 0 bridgehead atoms. The fourth-order valence-corrected chi connectivity index (χ4v) is 3.05. The monoisotopic (exact) mass is 472 g/mol. The number of carbonyl (C=O) groups excluding carboxylic acids is 1. The van der Waals surface area contributed by atoms with Crippen LogP contribution in [0.25, 0.3) is 10.4 Å². The zero-order chi connectivity index (χ0) is 24.6. The van der Waals surface area contributed by atoms with Crippen molar-refractivity contribution in [2.45, 2.75) is 32.6 Å². The van der Waals surface area contributed by atoms with Crippen LogP contribution >= 0.6 is 0 Å². The second-order valence-corrected chi connectivity index (χ2v) is 7.17. The number of nitrogens with zero attached hydrogens (tertiary/aromatic N) is 5. The molecule has 0 saturated heterocycles. The number of aromatic nitrogens is 2. The summed E-state index contributed by atoms with van der Waals surface area (Å²) in [6.07, 6.45) is 2.14. The van der Waals surface area contributed by atoms with E-state index in [9.17, 15) is 4.79 Å². The Morgan fingerprint density at radius 1 is 1.15 bits per heavy atom. The van der Waals surface area contributed by atoms with Gasteiger partial charge in [-0.1, -0.05) is 30.2 Å². The highest BCUT2D eigenvalue weighted by molar-refractivity contribution is 5.76. The summed E-state index contributed by atoms with van der Waals surface area (Å²) in [7, 11) is 0. The maximum Gasteiger partial charge on any atom is 0.222 e. The number of para-hydroxylation sites is 1. The van der Waals surface area contributed by atoms with Crippen molar-refractivity contribution >= 4 is 17.7 Å². The summed E-state index contributed by atoms with van der Waals surface area (Å²) in [6.45, 7) is 4.14. The molecule has 12 nitrogen and oxygen atoms in total. The predicted molar refractivity (Wildman–Crippen MR) is 128 cm³/mol. The predicted octanol–water partition coefficient (Wildman–Crippen LogP) is 2.43. The number of azide groups is 1. The number of amides is 1. The molecule has 0 aliphatic heterocycles. The molecule has 1 aromatic heterocycles. The van der Waals surface area contributed by atoms with Crippen molar-refractivity contribution in [1.29, 1.82) is 0 Å². The molecule has 0 atom stereocenters. The number of rotatable bonds is 16. The smallest absolute Gasteiger partial charge is 0.222 e. The minimum atomic E-state index is -0.0723. The third kappa shape index (κ3) is 9.39. The van der Waals surface area contributed by atoms with Gasteiger partial charge >= 0.3 is 0 Å². The summed E-state index contributed by atoms with van der Waals surface area (Å²) in [5.74, 6) is 1.49. The van der Waals surface area contributed by atoms with E-state index in [-0.39, 0.29) is 24.2 Å². The highest BCUT2D eigenvalue weighted by Crippen LogP contribution is 2.25. The Balaban J connectivity index is 1.70. The molecule has 184 valence electrons. The van der Waals surface area contributed by atoms with Crippen LogP contribution < -0.4 is 26.3 Å². The standard InChI is InChI=1S/C22H32N8O4/c1-2-17-20(21(23)29-22(24)28-17)34-13-5-12-33-18-7-4-3-6-16(18)8-9-19(31)26-10-14-32-15-11-27-30-25/h3-4,6-7H,2,5,8-15H2,1H3,(H,26,31)(H4,23,24,28,29). The van der Waals surface area contributed by atoms with Gasteiger partial charge in [0.2, 0.25) is 11.9 Å². The Labute approximate surface area is 198 Å². The second-order valence-electron chi connectivity index (χ2n) is 7.17. The van der Waals surface area contributed by atoms with Crippen LogP contribution in [0.15, 0.2) is 29.4 Å². The van der Waals surface area contributed by atoms with Crippen molar-refractivity contribution in [2.24, 2.45) is 5.11 Å². The number of nitrogens with one attached hydrogen (secondary N) is 1. The molecule has 1 aromatic carbocycles. The van der Waals surface area contributed by atoms with Crippen LogP contribution in [0.4, 0.5) is 11.8 Å². The summed E-state index contributed by atoms with van der Waals surface area (Å²) in [5, 5.41) is 6.17. The van der Waals surface area contributed by atoms with Gasteiger partial charge < -0.3 is 31.0 Å². The molecular formula is C22H32N8O4. The van der Waals surface area contributed by atoms with E-state index >= 15 is 0 Å². The number of benzene rings is 1. The largest absolute Gasteiger partial charge is 0.493 e. The Hall–Kier alpha value is -3.76. The van der Waals surface area contributed by atoms with E-state index in [2.05, 4.69) is 25.3 Å². The number of aryl methyl sites for hydroxylation is 2. The first kappa shape index (κ1) is 26.5. The lowest BCUT2D eigenvalue weighted by Gasteiger charge is -2.14. The van der Waals surface area contributed by atoms with Crippen LogP contribution in [0.3, 0.4) is 0 Å². The Morgan fingerprint density at radius 3 is 2.74 bits per heavy atom. The third-order valence-electron chi connectivity index (χ3n) is 4.67. The first-order valence-electron chi connectivity index (χ1n) is 11.2. The summed E-state index contributed by atoms with van der Waals surface area (Å²) < 4.78 is 16.9. The van der Waals surface area contributed by atoms with E-state index in [4.69, 9.17) is 31.2 Å². The van der Waals surface area contributed by atoms with E-state index in [0.717, 1.165) is 11.3 Å². The number of carbonyl (C=O) groups is 1. The third-order valence-corrected chi connectivity index (χ3v) is 4.67. The minimum Gasteiger partial charge on any atom is -0.493 e. The zero-order valence-electron chi connectivity index (χ0n) is 19.4. The van der Waals surface area contributed by atoms with Gasteiger partial charge in [0.05, 0.1) is 32.1 Å². The van der Waals surface area contributed by atoms with Gasteiger partial charge in [-0.2, -0.15) is 4.98 Å². The Bertz CT molecular complexity index is 966. The van der Waals surface area contributed by atoms with Crippen molar-refractivity contribution in [1.82, 2.24) is 15.3 Å². The van der Waals surface area contributed by atoms with Crippen LogP contribution in [-0.2, 0) is 22.4 Å². The van der Waals surface area contributed by atoms with Crippen molar-refractivity contribution < 1.29 is 19.0 Å². The molecule has 0 spiro atoms. The van der Waals surface area contributed by atoms with Crippen LogP contribution in [0.2, 0.25) is 0 Å². The van der Waals surface area contributed by atoms with E-state index in [1.165, 1.54) is 0 Å². The van der Waals surface area contributed by atoms with Gasteiger partial charge in [-0.15, -0.1) is 0 Å². The number of nitrogens with two attached hydrogens (primary N) is 2. The summed E-state index contributed by atoms with van der Waals surface area (Å²) in [6, 6.07) is 7.63. The number of hydrogen-bond acceptors (Lipinski definition) is 9. The van der Waals surface area contributed by atoms with Crippen molar-refractivity contribution in [2.75, 3.05) is 51.0 Å². The molecular weight excluding hydrogens is 440 g/mol.